The second kappa shape index (κ2) is 8.86. The molecule has 1 aromatic carbocycles. The molecule has 0 unspecified atom stereocenters. The van der Waals surface area contributed by atoms with Crippen molar-refractivity contribution in [1.29, 1.82) is 0 Å². The number of nitrogens with zero attached hydrogens (tertiary/aromatic N) is 5. The average molecular weight is 478 g/mol. The molecule has 0 bridgehead atoms. The van der Waals surface area contributed by atoms with Gasteiger partial charge >= 0.3 is 0 Å². The molecule has 0 radical (unpaired) electrons. The summed E-state index contributed by atoms with van der Waals surface area (Å²) < 4.78 is 17.9. The van der Waals surface area contributed by atoms with Gasteiger partial charge in [0.25, 0.3) is 5.56 Å². The molecule has 4 heterocycles. The van der Waals surface area contributed by atoms with Gasteiger partial charge in [0.1, 0.15) is 5.39 Å². The summed E-state index contributed by atoms with van der Waals surface area (Å²) in [5, 5.41) is 16.6. The number of pyridine rings is 1. The van der Waals surface area contributed by atoms with Gasteiger partial charge in [-0.3, -0.25) is 4.79 Å². The van der Waals surface area contributed by atoms with Crippen molar-refractivity contribution in [2.45, 2.75) is 45.7 Å². The van der Waals surface area contributed by atoms with Crippen molar-refractivity contribution >= 4 is 22.7 Å². The van der Waals surface area contributed by atoms with Crippen molar-refractivity contribution in [3.63, 3.8) is 0 Å². The van der Waals surface area contributed by atoms with Crippen LogP contribution in [0.1, 0.15) is 37.6 Å². The largest absolute Gasteiger partial charge is 0.395 e. The van der Waals surface area contributed by atoms with Crippen LogP contribution in [0.15, 0.2) is 41.3 Å². The van der Waals surface area contributed by atoms with E-state index in [4.69, 9.17) is 0 Å². The highest BCUT2D eigenvalue weighted by atomic mass is 19.1. The zero-order valence-corrected chi connectivity index (χ0v) is 20.0. The molecule has 1 aliphatic rings. The molecule has 0 aliphatic carbocycles. The van der Waals surface area contributed by atoms with Crippen molar-refractivity contribution in [2.75, 3.05) is 18.5 Å². The van der Waals surface area contributed by atoms with E-state index in [2.05, 4.69) is 37.7 Å². The van der Waals surface area contributed by atoms with Crippen LogP contribution >= 0.6 is 0 Å². The summed E-state index contributed by atoms with van der Waals surface area (Å²) in [4.78, 5) is 26.5. The quantitative estimate of drug-likeness (QED) is 0.392. The lowest BCUT2D eigenvalue weighted by atomic mass is 9.90. The SMILES string of the molecule is CCn1c(=O)c2cnc(Nc3ccc4c(c3)CCNC4)nc2n1-c1nc(C(C)(C)CO)ccc1F. The van der Waals surface area contributed by atoms with Gasteiger partial charge in [-0.25, -0.2) is 23.7 Å². The van der Waals surface area contributed by atoms with Gasteiger partial charge in [-0.1, -0.05) is 19.9 Å². The molecule has 0 saturated heterocycles. The van der Waals surface area contributed by atoms with Crippen LogP contribution in [-0.4, -0.2) is 42.6 Å². The van der Waals surface area contributed by atoms with Gasteiger partial charge in [0.05, 0.1) is 12.3 Å². The predicted molar refractivity (Wildman–Crippen MR) is 132 cm³/mol. The second-order valence-corrected chi connectivity index (χ2v) is 9.34. The number of anilines is 2. The van der Waals surface area contributed by atoms with Gasteiger partial charge in [0.2, 0.25) is 5.95 Å². The molecule has 0 spiro atoms. The fraction of sp³-hybridized carbons (Fsp3) is 0.360. The zero-order valence-electron chi connectivity index (χ0n) is 20.0. The molecule has 9 nitrogen and oxygen atoms in total. The molecular formula is C25H28FN7O2. The lowest BCUT2D eigenvalue weighted by Gasteiger charge is -2.22. The summed E-state index contributed by atoms with van der Waals surface area (Å²) in [6, 6.07) is 8.96. The number of fused-ring (bicyclic) bond motifs is 2. The number of aliphatic hydroxyl groups is 1. The molecular weight excluding hydrogens is 449 g/mol. The standard InChI is InChI=1S/C25H28FN7O2/c1-4-32-23(35)18-13-28-24(29-17-6-5-16-12-27-10-9-15(16)11-17)31-21(18)33(32)22-19(26)7-8-20(30-22)25(2,3)14-34/h5-8,11,13,27,34H,4,9-10,12,14H2,1-3H3,(H,28,29,31). The van der Waals surface area contributed by atoms with E-state index in [0.29, 0.717) is 11.6 Å². The van der Waals surface area contributed by atoms with Gasteiger partial charge in [0.15, 0.2) is 17.3 Å². The molecule has 1 aliphatic heterocycles. The van der Waals surface area contributed by atoms with E-state index in [1.807, 2.05) is 19.9 Å². The van der Waals surface area contributed by atoms with Crippen molar-refractivity contribution in [3.05, 3.63) is 69.5 Å². The van der Waals surface area contributed by atoms with Crippen LogP contribution in [0, 0.1) is 5.82 Å². The summed E-state index contributed by atoms with van der Waals surface area (Å²) in [5.74, 6) is -0.359. The maximum Gasteiger partial charge on any atom is 0.278 e. The van der Waals surface area contributed by atoms with Crippen molar-refractivity contribution in [1.82, 2.24) is 29.6 Å². The van der Waals surface area contributed by atoms with E-state index in [1.165, 1.54) is 32.8 Å². The third-order valence-electron chi connectivity index (χ3n) is 6.44. The summed E-state index contributed by atoms with van der Waals surface area (Å²) >= 11 is 0. The van der Waals surface area contributed by atoms with Crippen LogP contribution in [0.2, 0.25) is 0 Å². The van der Waals surface area contributed by atoms with E-state index in [1.54, 1.807) is 13.0 Å². The first-order chi connectivity index (χ1) is 16.8. The first kappa shape index (κ1) is 23.1. The normalized spacial score (nSPS) is 13.7. The number of rotatable bonds is 6. The average Bonchev–Trinajstić information content (AvgIpc) is 3.14. The number of benzene rings is 1. The lowest BCUT2D eigenvalue weighted by Crippen LogP contribution is -2.26. The van der Waals surface area contributed by atoms with Gasteiger partial charge < -0.3 is 15.7 Å². The Morgan fingerprint density at radius 1 is 1.20 bits per heavy atom. The van der Waals surface area contributed by atoms with Crippen molar-refractivity contribution < 1.29 is 9.50 Å². The number of nitrogens with one attached hydrogen (secondary N) is 2. The first-order valence-corrected chi connectivity index (χ1v) is 11.7. The highest BCUT2D eigenvalue weighted by Crippen LogP contribution is 2.26. The van der Waals surface area contributed by atoms with Crippen LogP contribution in [0.25, 0.3) is 16.9 Å². The lowest BCUT2D eigenvalue weighted by molar-refractivity contribution is 0.215. The molecule has 4 aromatic rings. The molecule has 5 rings (SSSR count). The Morgan fingerprint density at radius 2 is 2.03 bits per heavy atom. The molecule has 3 N–H and O–H groups in total. The molecule has 35 heavy (non-hydrogen) atoms. The number of hydrogen-bond acceptors (Lipinski definition) is 7. The summed E-state index contributed by atoms with van der Waals surface area (Å²) in [7, 11) is 0. The van der Waals surface area contributed by atoms with Crippen LogP contribution in [0.5, 0.6) is 0 Å². The highest BCUT2D eigenvalue weighted by molar-refractivity contribution is 5.77. The Morgan fingerprint density at radius 3 is 2.80 bits per heavy atom. The number of hydrogen-bond donors (Lipinski definition) is 3. The van der Waals surface area contributed by atoms with Gasteiger partial charge in [-0.05, 0) is 55.3 Å². The van der Waals surface area contributed by atoms with E-state index in [0.717, 1.165) is 25.2 Å². The topological polar surface area (TPSA) is 110 Å². The van der Waals surface area contributed by atoms with E-state index in [-0.39, 0.29) is 35.6 Å². The molecule has 10 heteroatoms. The zero-order chi connectivity index (χ0) is 24.7. The highest BCUT2D eigenvalue weighted by Gasteiger charge is 2.25. The van der Waals surface area contributed by atoms with E-state index in [9.17, 15) is 9.90 Å². The number of aromatic nitrogens is 5. The molecule has 3 aromatic heterocycles. The Kier molecular flexibility index (Phi) is 5.86. The predicted octanol–water partition coefficient (Wildman–Crippen LogP) is 2.80. The Balaban J connectivity index is 1.63. The van der Waals surface area contributed by atoms with Crippen LogP contribution in [0.4, 0.5) is 16.0 Å². The van der Waals surface area contributed by atoms with Crippen LogP contribution in [0.3, 0.4) is 0 Å². The second-order valence-electron chi connectivity index (χ2n) is 9.34. The molecule has 0 saturated carbocycles. The minimum Gasteiger partial charge on any atom is -0.395 e. The molecule has 0 amide bonds. The van der Waals surface area contributed by atoms with Crippen molar-refractivity contribution in [3.8, 4) is 5.82 Å². The Labute approximate surface area is 201 Å². The van der Waals surface area contributed by atoms with Crippen LogP contribution in [-0.2, 0) is 24.9 Å². The van der Waals surface area contributed by atoms with E-state index >= 15 is 4.39 Å². The fourth-order valence-corrected chi connectivity index (χ4v) is 4.31. The van der Waals surface area contributed by atoms with E-state index < -0.39 is 11.2 Å². The third kappa shape index (κ3) is 4.08. The van der Waals surface area contributed by atoms with Crippen LogP contribution < -0.4 is 16.2 Å². The molecule has 182 valence electrons. The summed E-state index contributed by atoms with van der Waals surface area (Å²) in [6.07, 6.45) is 2.40. The fourth-order valence-electron chi connectivity index (χ4n) is 4.31. The van der Waals surface area contributed by atoms with Gasteiger partial charge in [-0.15, -0.1) is 0 Å². The molecule has 0 fully saturated rings. The van der Waals surface area contributed by atoms with Gasteiger partial charge in [0, 0.05) is 30.4 Å². The number of halogens is 1. The third-order valence-corrected chi connectivity index (χ3v) is 6.44. The maximum absolute atomic E-state index is 15.1. The monoisotopic (exact) mass is 477 g/mol. The Hall–Kier alpha value is -3.63. The molecule has 0 atom stereocenters. The minimum atomic E-state index is -0.688. The minimum absolute atomic E-state index is 0.0519. The summed E-state index contributed by atoms with van der Waals surface area (Å²) in [5.41, 5.74) is 3.10. The number of aliphatic hydroxyl groups excluding tert-OH is 1. The first-order valence-electron chi connectivity index (χ1n) is 11.7. The smallest absolute Gasteiger partial charge is 0.278 e. The Bertz CT molecular complexity index is 1470. The maximum atomic E-state index is 15.1. The van der Waals surface area contributed by atoms with Crippen molar-refractivity contribution in [2.24, 2.45) is 0 Å². The summed E-state index contributed by atoms with van der Waals surface area (Å²) in [6.45, 7) is 7.33. The van der Waals surface area contributed by atoms with Gasteiger partial charge in [-0.2, -0.15) is 4.98 Å².